The molecule has 114 valence electrons. The Balaban J connectivity index is 1.99. The van der Waals surface area contributed by atoms with Crippen molar-refractivity contribution in [2.24, 2.45) is 0 Å². The van der Waals surface area contributed by atoms with Gasteiger partial charge in [-0.15, -0.1) is 0 Å². The van der Waals surface area contributed by atoms with Crippen LogP contribution in [0.2, 0.25) is 0 Å². The van der Waals surface area contributed by atoms with Gasteiger partial charge in [0.1, 0.15) is 5.82 Å². The molecule has 3 rings (SSSR count). The molecule has 1 fully saturated rings. The summed E-state index contributed by atoms with van der Waals surface area (Å²) in [6.07, 6.45) is 8.27. The maximum atomic E-state index is 4.82. The molecule has 1 aliphatic rings. The summed E-state index contributed by atoms with van der Waals surface area (Å²) in [7, 11) is 4.26. The van der Waals surface area contributed by atoms with Crippen LogP contribution in [0.15, 0.2) is 18.6 Å². The zero-order valence-corrected chi connectivity index (χ0v) is 13.1. The molecular formula is C15H24N6. The van der Waals surface area contributed by atoms with Crippen molar-refractivity contribution in [3.8, 4) is 0 Å². The normalized spacial score (nSPS) is 18.9. The molecule has 1 N–H and O–H groups in total. The van der Waals surface area contributed by atoms with E-state index in [1.54, 1.807) is 0 Å². The Morgan fingerprint density at radius 1 is 1.43 bits per heavy atom. The van der Waals surface area contributed by atoms with Crippen molar-refractivity contribution in [2.45, 2.75) is 25.8 Å². The quantitative estimate of drug-likeness (QED) is 0.907. The molecule has 0 amide bonds. The number of nitrogens with one attached hydrogen (secondary N) is 1. The van der Waals surface area contributed by atoms with E-state index in [1.165, 1.54) is 12.8 Å². The molecule has 2 aromatic heterocycles. The molecule has 0 radical (unpaired) electrons. The minimum absolute atomic E-state index is 0.518. The molecular weight excluding hydrogens is 264 g/mol. The van der Waals surface area contributed by atoms with Gasteiger partial charge in [0.2, 0.25) is 0 Å². The SMILES string of the molecule is CCNc1cn2ccnc2c(N2CCCC2CN(C)C)n1. The summed E-state index contributed by atoms with van der Waals surface area (Å²) in [5.41, 5.74) is 0.947. The zero-order valence-electron chi connectivity index (χ0n) is 13.1. The highest BCUT2D eigenvalue weighted by atomic mass is 15.3. The Morgan fingerprint density at radius 3 is 3.05 bits per heavy atom. The predicted octanol–water partition coefficient (Wildman–Crippen LogP) is 1.69. The van der Waals surface area contributed by atoms with Crippen LogP contribution < -0.4 is 10.2 Å². The highest BCUT2D eigenvalue weighted by Gasteiger charge is 2.28. The van der Waals surface area contributed by atoms with E-state index >= 15 is 0 Å². The Labute approximate surface area is 125 Å². The molecule has 21 heavy (non-hydrogen) atoms. The van der Waals surface area contributed by atoms with Crippen LogP contribution in [0.25, 0.3) is 5.65 Å². The third-order valence-electron chi connectivity index (χ3n) is 3.94. The lowest BCUT2D eigenvalue weighted by Gasteiger charge is -2.28. The first-order valence-corrected chi connectivity index (χ1v) is 7.68. The number of hydrogen-bond donors (Lipinski definition) is 1. The van der Waals surface area contributed by atoms with E-state index in [0.29, 0.717) is 6.04 Å². The fraction of sp³-hybridized carbons (Fsp3) is 0.600. The molecule has 0 bridgehead atoms. The Morgan fingerprint density at radius 2 is 2.29 bits per heavy atom. The van der Waals surface area contributed by atoms with Crippen LogP contribution in [-0.4, -0.2) is 59.0 Å². The van der Waals surface area contributed by atoms with Gasteiger partial charge in [-0.3, -0.25) is 0 Å². The van der Waals surface area contributed by atoms with E-state index in [1.807, 2.05) is 18.6 Å². The van der Waals surface area contributed by atoms with E-state index in [9.17, 15) is 0 Å². The number of likely N-dealkylation sites (N-methyl/N-ethyl adjacent to an activating group) is 1. The summed E-state index contributed by atoms with van der Waals surface area (Å²) < 4.78 is 2.06. The van der Waals surface area contributed by atoms with Gasteiger partial charge in [0.15, 0.2) is 11.5 Å². The monoisotopic (exact) mass is 288 g/mol. The molecule has 1 unspecified atom stereocenters. The first-order valence-electron chi connectivity index (χ1n) is 7.68. The second-order valence-corrected chi connectivity index (χ2v) is 5.89. The second-order valence-electron chi connectivity index (χ2n) is 5.89. The summed E-state index contributed by atoms with van der Waals surface area (Å²) in [5, 5.41) is 3.31. The average Bonchev–Trinajstić information content (AvgIpc) is 3.06. The molecule has 2 aromatic rings. The summed E-state index contributed by atoms with van der Waals surface area (Å²) >= 11 is 0. The molecule has 0 saturated carbocycles. The van der Waals surface area contributed by atoms with Gasteiger partial charge in [-0.1, -0.05) is 0 Å². The van der Waals surface area contributed by atoms with Gasteiger partial charge in [0, 0.05) is 38.1 Å². The smallest absolute Gasteiger partial charge is 0.180 e. The average molecular weight is 288 g/mol. The Kier molecular flexibility index (Phi) is 3.96. The van der Waals surface area contributed by atoms with Gasteiger partial charge in [0.25, 0.3) is 0 Å². The van der Waals surface area contributed by atoms with Gasteiger partial charge in [0.05, 0.1) is 6.20 Å². The van der Waals surface area contributed by atoms with E-state index in [4.69, 9.17) is 4.98 Å². The standard InChI is InChI=1S/C15H24N6/c1-4-16-13-11-20-9-7-17-14(20)15(18-13)21-8-5-6-12(21)10-19(2)3/h7,9,11-12,16H,4-6,8,10H2,1-3H3. The lowest BCUT2D eigenvalue weighted by atomic mass is 10.2. The highest BCUT2D eigenvalue weighted by molar-refractivity contribution is 5.67. The van der Waals surface area contributed by atoms with Gasteiger partial charge in [-0.25, -0.2) is 9.97 Å². The fourth-order valence-corrected chi connectivity index (χ4v) is 3.10. The van der Waals surface area contributed by atoms with Crippen LogP contribution in [0.3, 0.4) is 0 Å². The van der Waals surface area contributed by atoms with Crippen molar-refractivity contribution in [1.82, 2.24) is 19.3 Å². The maximum Gasteiger partial charge on any atom is 0.180 e. The van der Waals surface area contributed by atoms with E-state index in [0.717, 1.165) is 36.9 Å². The topological polar surface area (TPSA) is 48.7 Å². The molecule has 3 heterocycles. The number of aromatic nitrogens is 3. The number of nitrogens with zero attached hydrogens (tertiary/aromatic N) is 5. The molecule has 1 atom stereocenters. The zero-order chi connectivity index (χ0) is 14.8. The Bertz CT molecular complexity index is 605. The molecule has 0 aromatic carbocycles. The van der Waals surface area contributed by atoms with Gasteiger partial charge >= 0.3 is 0 Å². The van der Waals surface area contributed by atoms with Crippen molar-refractivity contribution in [3.63, 3.8) is 0 Å². The van der Waals surface area contributed by atoms with E-state index in [2.05, 4.69) is 45.5 Å². The van der Waals surface area contributed by atoms with Crippen LogP contribution >= 0.6 is 0 Å². The summed E-state index contributed by atoms with van der Waals surface area (Å²) in [6.45, 7) is 5.07. The molecule has 0 aliphatic carbocycles. The summed E-state index contributed by atoms with van der Waals surface area (Å²) in [5.74, 6) is 1.91. The van der Waals surface area contributed by atoms with E-state index < -0.39 is 0 Å². The predicted molar refractivity (Wildman–Crippen MR) is 86.1 cm³/mol. The second kappa shape index (κ2) is 5.89. The van der Waals surface area contributed by atoms with Crippen molar-refractivity contribution in [2.75, 3.05) is 43.9 Å². The summed E-state index contributed by atoms with van der Waals surface area (Å²) in [4.78, 5) is 14.0. The number of imidazole rings is 1. The van der Waals surface area contributed by atoms with Gasteiger partial charge < -0.3 is 19.5 Å². The fourth-order valence-electron chi connectivity index (χ4n) is 3.10. The summed E-state index contributed by atoms with van der Waals surface area (Å²) in [6, 6.07) is 0.518. The Hall–Kier alpha value is -1.82. The van der Waals surface area contributed by atoms with Gasteiger partial charge in [-0.2, -0.15) is 0 Å². The van der Waals surface area contributed by atoms with Crippen molar-refractivity contribution in [3.05, 3.63) is 18.6 Å². The number of fused-ring (bicyclic) bond motifs is 1. The lowest BCUT2D eigenvalue weighted by Crippen LogP contribution is -2.38. The number of rotatable bonds is 5. The first-order chi connectivity index (χ1) is 10.2. The molecule has 1 aliphatic heterocycles. The lowest BCUT2D eigenvalue weighted by molar-refractivity contribution is 0.371. The molecule has 6 nitrogen and oxygen atoms in total. The highest BCUT2D eigenvalue weighted by Crippen LogP contribution is 2.28. The molecule has 1 saturated heterocycles. The van der Waals surface area contributed by atoms with Crippen molar-refractivity contribution in [1.29, 1.82) is 0 Å². The minimum atomic E-state index is 0.518. The van der Waals surface area contributed by atoms with Gasteiger partial charge in [-0.05, 0) is 33.9 Å². The number of hydrogen-bond acceptors (Lipinski definition) is 5. The minimum Gasteiger partial charge on any atom is -0.369 e. The van der Waals surface area contributed by atoms with Crippen LogP contribution in [0.5, 0.6) is 0 Å². The van der Waals surface area contributed by atoms with Crippen molar-refractivity contribution >= 4 is 17.3 Å². The number of anilines is 2. The van der Waals surface area contributed by atoms with Crippen LogP contribution in [0.4, 0.5) is 11.6 Å². The first kappa shape index (κ1) is 14.1. The van der Waals surface area contributed by atoms with Crippen LogP contribution in [0, 0.1) is 0 Å². The molecule has 0 spiro atoms. The van der Waals surface area contributed by atoms with Crippen LogP contribution in [0.1, 0.15) is 19.8 Å². The molecule has 6 heteroatoms. The third-order valence-corrected chi connectivity index (χ3v) is 3.94. The van der Waals surface area contributed by atoms with Crippen molar-refractivity contribution < 1.29 is 0 Å². The maximum absolute atomic E-state index is 4.82. The largest absolute Gasteiger partial charge is 0.369 e. The van der Waals surface area contributed by atoms with E-state index in [-0.39, 0.29) is 0 Å². The third kappa shape index (κ3) is 2.81. The van der Waals surface area contributed by atoms with Crippen LogP contribution in [-0.2, 0) is 0 Å².